The Bertz CT molecular complexity index is 991. The largest absolute Gasteiger partial charge is 0.350 e. The van der Waals surface area contributed by atoms with E-state index in [2.05, 4.69) is 5.32 Å². The number of thiophene rings is 2. The summed E-state index contributed by atoms with van der Waals surface area (Å²) in [5, 5.41) is 5.63. The smallest absolute Gasteiger partial charge is 0.261 e. The molecular formula is C19H19NO3S3. The molecule has 0 saturated heterocycles. The van der Waals surface area contributed by atoms with E-state index in [4.69, 9.17) is 0 Å². The van der Waals surface area contributed by atoms with Crippen molar-refractivity contribution in [2.45, 2.75) is 24.0 Å². The maximum atomic E-state index is 13.3. The van der Waals surface area contributed by atoms with Crippen molar-refractivity contribution in [3.63, 3.8) is 0 Å². The van der Waals surface area contributed by atoms with E-state index in [0.29, 0.717) is 4.88 Å². The minimum absolute atomic E-state index is 0.0342. The van der Waals surface area contributed by atoms with E-state index in [1.54, 1.807) is 30.3 Å². The van der Waals surface area contributed by atoms with Crippen molar-refractivity contribution in [1.82, 2.24) is 5.32 Å². The highest BCUT2D eigenvalue weighted by Crippen LogP contribution is 2.32. The van der Waals surface area contributed by atoms with Crippen molar-refractivity contribution in [1.29, 1.82) is 0 Å². The lowest BCUT2D eigenvalue weighted by Crippen LogP contribution is -2.31. The van der Waals surface area contributed by atoms with Gasteiger partial charge >= 0.3 is 0 Å². The second-order valence-corrected chi connectivity index (χ2v) is 10.0. The second-order valence-electron chi connectivity index (χ2n) is 5.98. The molecule has 3 rings (SSSR count). The van der Waals surface area contributed by atoms with Crippen LogP contribution in [0.3, 0.4) is 0 Å². The zero-order valence-electron chi connectivity index (χ0n) is 14.4. The summed E-state index contributed by atoms with van der Waals surface area (Å²) in [4.78, 5) is 13.8. The summed E-state index contributed by atoms with van der Waals surface area (Å²) >= 11 is 2.71. The van der Waals surface area contributed by atoms with Crippen LogP contribution in [-0.4, -0.2) is 20.9 Å². The van der Waals surface area contributed by atoms with Gasteiger partial charge in [-0.2, -0.15) is 0 Å². The highest BCUT2D eigenvalue weighted by molar-refractivity contribution is 7.91. The van der Waals surface area contributed by atoms with E-state index in [-0.39, 0.29) is 17.3 Å². The summed E-state index contributed by atoms with van der Waals surface area (Å²) in [5.74, 6) is -0.253. The van der Waals surface area contributed by atoms with E-state index in [9.17, 15) is 13.2 Å². The molecule has 1 amide bonds. The molecule has 0 saturated carbocycles. The molecule has 26 heavy (non-hydrogen) atoms. The number of nitrogens with one attached hydrogen (secondary N) is 1. The van der Waals surface area contributed by atoms with Gasteiger partial charge in [-0.3, -0.25) is 4.79 Å². The predicted molar refractivity (Wildman–Crippen MR) is 107 cm³/mol. The fourth-order valence-electron chi connectivity index (χ4n) is 2.57. The minimum atomic E-state index is -3.63. The van der Waals surface area contributed by atoms with Crippen LogP contribution < -0.4 is 5.32 Å². The van der Waals surface area contributed by atoms with Crippen LogP contribution in [0.5, 0.6) is 0 Å². The first-order valence-electron chi connectivity index (χ1n) is 8.06. The molecule has 2 aromatic heterocycles. The van der Waals surface area contributed by atoms with E-state index in [1.165, 1.54) is 22.7 Å². The van der Waals surface area contributed by atoms with Crippen molar-refractivity contribution < 1.29 is 13.2 Å². The number of hydrogen-bond donors (Lipinski definition) is 1. The summed E-state index contributed by atoms with van der Waals surface area (Å²) < 4.78 is 26.5. The summed E-state index contributed by atoms with van der Waals surface area (Å²) in [7, 11) is -3.63. The van der Waals surface area contributed by atoms with Gasteiger partial charge in [0.05, 0.1) is 9.77 Å². The van der Waals surface area contributed by atoms with Crippen LogP contribution in [0.4, 0.5) is 0 Å². The van der Waals surface area contributed by atoms with Gasteiger partial charge in [-0.1, -0.05) is 18.2 Å². The van der Waals surface area contributed by atoms with Gasteiger partial charge in [0.25, 0.3) is 5.91 Å². The number of sulfone groups is 1. The highest BCUT2D eigenvalue weighted by Gasteiger charge is 2.30. The second kappa shape index (κ2) is 7.73. The van der Waals surface area contributed by atoms with Gasteiger partial charge in [-0.15, -0.1) is 22.7 Å². The number of rotatable bonds is 6. The Labute approximate surface area is 161 Å². The summed E-state index contributed by atoms with van der Waals surface area (Å²) in [6, 6.07) is 12.3. The summed E-state index contributed by atoms with van der Waals surface area (Å²) in [6.45, 7) is 3.88. The fraction of sp³-hybridized carbons (Fsp3) is 0.211. The Kier molecular flexibility index (Phi) is 5.60. The number of carbonyl (C=O) groups excluding carboxylic acids is 1. The van der Waals surface area contributed by atoms with E-state index in [1.807, 2.05) is 36.7 Å². The molecule has 1 atom stereocenters. The van der Waals surface area contributed by atoms with E-state index in [0.717, 1.165) is 16.0 Å². The van der Waals surface area contributed by atoms with Crippen LogP contribution in [0.25, 0.3) is 0 Å². The zero-order chi connectivity index (χ0) is 18.7. The first-order valence-corrected chi connectivity index (χ1v) is 11.4. The summed E-state index contributed by atoms with van der Waals surface area (Å²) in [6.07, 6.45) is 0. The zero-order valence-corrected chi connectivity index (χ0v) is 16.9. The Morgan fingerprint density at radius 1 is 1.04 bits per heavy atom. The molecule has 0 aliphatic carbocycles. The number of amides is 1. The fourth-order valence-corrected chi connectivity index (χ4v) is 6.08. The van der Waals surface area contributed by atoms with Gasteiger partial charge in [-0.05, 0) is 60.0 Å². The maximum Gasteiger partial charge on any atom is 0.261 e. The van der Waals surface area contributed by atoms with Gasteiger partial charge in [0.2, 0.25) is 0 Å². The van der Waals surface area contributed by atoms with Crippen LogP contribution >= 0.6 is 22.7 Å². The lowest BCUT2D eigenvalue weighted by molar-refractivity contribution is 0.0958. The molecule has 0 fully saturated rings. The molecule has 3 aromatic rings. The Morgan fingerprint density at radius 3 is 2.38 bits per heavy atom. The van der Waals surface area contributed by atoms with Gasteiger partial charge < -0.3 is 5.32 Å². The third-order valence-electron chi connectivity index (χ3n) is 4.23. The van der Waals surface area contributed by atoms with Crippen LogP contribution in [-0.2, 0) is 9.84 Å². The molecule has 0 spiro atoms. The Hall–Kier alpha value is -1.96. The quantitative estimate of drug-likeness (QED) is 0.662. The van der Waals surface area contributed by atoms with Crippen molar-refractivity contribution in [3.05, 3.63) is 74.1 Å². The maximum absolute atomic E-state index is 13.3. The number of hydrogen-bond acceptors (Lipinski definition) is 5. The van der Waals surface area contributed by atoms with Gasteiger partial charge in [0, 0.05) is 11.4 Å². The normalized spacial score (nSPS) is 12.7. The average Bonchev–Trinajstić information content (AvgIpc) is 3.30. The molecule has 136 valence electrons. The van der Waals surface area contributed by atoms with E-state index < -0.39 is 15.1 Å². The number of aryl methyl sites for hydroxylation is 2. The predicted octanol–water partition coefficient (Wildman–Crippen LogP) is 4.37. The summed E-state index contributed by atoms with van der Waals surface area (Å²) in [5.41, 5.74) is 1.97. The molecule has 0 unspecified atom stereocenters. The van der Waals surface area contributed by atoms with Gasteiger partial charge in [0.1, 0.15) is 5.25 Å². The number of benzene rings is 1. The third kappa shape index (κ3) is 3.90. The molecule has 0 bridgehead atoms. The monoisotopic (exact) mass is 405 g/mol. The van der Waals surface area contributed by atoms with Crippen molar-refractivity contribution in [2.75, 3.05) is 6.54 Å². The molecule has 0 aliphatic rings. The van der Waals surface area contributed by atoms with Crippen molar-refractivity contribution in [3.8, 4) is 0 Å². The first kappa shape index (κ1) is 18.8. The van der Waals surface area contributed by atoms with Gasteiger partial charge in [-0.25, -0.2) is 8.42 Å². The van der Waals surface area contributed by atoms with Crippen molar-refractivity contribution in [2.24, 2.45) is 0 Å². The van der Waals surface area contributed by atoms with Crippen LogP contribution in [0.15, 0.2) is 58.1 Å². The molecule has 4 nitrogen and oxygen atoms in total. The van der Waals surface area contributed by atoms with Crippen LogP contribution in [0, 0.1) is 13.8 Å². The van der Waals surface area contributed by atoms with Gasteiger partial charge in [0.15, 0.2) is 9.84 Å². The Morgan fingerprint density at radius 2 is 1.77 bits per heavy atom. The van der Waals surface area contributed by atoms with Crippen LogP contribution in [0.1, 0.15) is 30.9 Å². The lowest BCUT2D eigenvalue weighted by atomic mass is 10.1. The Balaban J connectivity index is 1.90. The first-order chi connectivity index (χ1) is 12.4. The van der Waals surface area contributed by atoms with E-state index >= 15 is 0 Å². The highest BCUT2D eigenvalue weighted by atomic mass is 32.2. The molecular weight excluding hydrogens is 386 g/mol. The van der Waals surface area contributed by atoms with Crippen LogP contribution in [0.2, 0.25) is 0 Å². The lowest BCUT2D eigenvalue weighted by Gasteiger charge is -2.18. The molecule has 2 heterocycles. The average molecular weight is 406 g/mol. The number of carbonyl (C=O) groups is 1. The molecule has 7 heteroatoms. The standard InChI is InChI=1S/C19H19NO3S3/c1-13-7-8-15(11-14(13)2)26(22,23)18(16-5-3-9-24-16)12-20-19(21)17-6-4-10-25-17/h3-11,18H,12H2,1-2H3,(H,20,21)/t18-/m0/s1. The third-order valence-corrected chi connectivity index (χ3v) is 8.32. The molecule has 0 aliphatic heterocycles. The molecule has 1 N–H and O–H groups in total. The molecule has 0 radical (unpaired) electrons. The minimum Gasteiger partial charge on any atom is -0.350 e. The van der Waals surface area contributed by atoms with Crippen molar-refractivity contribution >= 4 is 38.4 Å². The topological polar surface area (TPSA) is 63.2 Å². The SMILES string of the molecule is Cc1ccc(S(=O)(=O)[C@@H](CNC(=O)c2cccs2)c2cccs2)cc1C. The molecule has 1 aromatic carbocycles.